The van der Waals surface area contributed by atoms with E-state index < -0.39 is 0 Å². The van der Waals surface area contributed by atoms with Crippen LogP contribution in [0.3, 0.4) is 0 Å². The van der Waals surface area contributed by atoms with Gasteiger partial charge in [0.1, 0.15) is 5.01 Å². The van der Waals surface area contributed by atoms with Crippen molar-refractivity contribution in [3.05, 3.63) is 69.7 Å². The first-order valence-electron chi connectivity index (χ1n) is 12.7. The van der Waals surface area contributed by atoms with Crippen molar-refractivity contribution < 1.29 is 19.2 Å². The van der Waals surface area contributed by atoms with Crippen molar-refractivity contribution in [1.82, 2.24) is 20.4 Å². The summed E-state index contributed by atoms with van der Waals surface area (Å²) in [6.07, 6.45) is 2.57. The number of carbonyl (C=O) groups is 4. The summed E-state index contributed by atoms with van der Waals surface area (Å²) in [5, 5.41) is 17.8. The van der Waals surface area contributed by atoms with Crippen molar-refractivity contribution in [3.8, 4) is 0 Å². The molecule has 3 N–H and O–H groups in total. The fourth-order valence-corrected chi connectivity index (χ4v) is 5.02. The van der Waals surface area contributed by atoms with E-state index in [4.69, 9.17) is 11.6 Å². The molecule has 1 atom stereocenters. The molecule has 0 radical (unpaired) electrons. The molecule has 1 saturated heterocycles. The van der Waals surface area contributed by atoms with Crippen LogP contribution in [0.1, 0.15) is 51.9 Å². The molecule has 39 heavy (non-hydrogen) atoms. The highest BCUT2D eigenvalue weighted by Gasteiger charge is 2.33. The zero-order valence-corrected chi connectivity index (χ0v) is 23.0. The minimum absolute atomic E-state index is 0.0114. The number of amides is 4. The van der Waals surface area contributed by atoms with E-state index in [1.807, 2.05) is 0 Å². The summed E-state index contributed by atoms with van der Waals surface area (Å²) >= 11 is 7.26. The van der Waals surface area contributed by atoms with Gasteiger partial charge in [-0.2, -0.15) is 0 Å². The van der Waals surface area contributed by atoms with Crippen LogP contribution in [0.5, 0.6) is 0 Å². The molecule has 2 heterocycles. The Hall–Kier alpha value is -3.83. The largest absolute Gasteiger partial charge is 0.352 e. The standard InChI is InChI=1S/C27H29ClN6O4S/c1-2-3-14-34-16-18(15-23(34)35)25(37)30-19-10-8-17(9-11-19)24(36)31-27-33-32-22(39-27)12-13-29-26(38)20-6-4-5-7-21(20)28/h4-11,18H,2-3,12-16H2,1H3,(H,29,38)(H,30,37)(H,31,33,36). The van der Waals surface area contributed by atoms with Gasteiger partial charge in [0.2, 0.25) is 16.9 Å². The Balaban J connectivity index is 1.23. The molecular weight excluding hydrogens is 540 g/mol. The number of unbranched alkanes of at least 4 members (excludes halogenated alkanes) is 1. The Morgan fingerprint density at radius 1 is 1.05 bits per heavy atom. The molecule has 0 bridgehead atoms. The van der Waals surface area contributed by atoms with Crippen molar-refractivity contribution in [1.29, 1.82) is 0 Å². The van der Waals surface area contributed by atoms with E-state index in [1.165, 1.54) is 11.3 Å². The number of hydrogen-bond donors (Lipinski definition) is 3. The third-order valence-corrected chi connectivity index (χ3v) is 7.44. The van der Waals surface area contributed by atoms with Crippen molar-refractivity contribution in [3.63, 3.8) is 0 Å². The fourth-order valence-electron chi connectivity index (χ4n) is 4.06. The number of anilines is 2. The van der Waals surface area contributed by atoms with E-state index in [-0.39, 0.29) is 36.0 Å². The molecule has 10 nitrogen and oxygen atoms in total. The summed E-state index contributed by atoms with van der Waals surface area (Å²) in [5.41, 5.74) is 1.34. The molecule has 1 aliphatic heterocycles. The molecule has 0 aliphatic carbocycles. The molecular formula is C27H29ClN6O4S. The second-order valence-electron chi connectivity index (χ2n) is 9.10. The van der Waals surface area contributed by atoms with E-state index in [9.17, 15) is 19.2 Å². The lowest BCUT2D eigenvalue weighted by Crippen LogP contribution is -2.29. The van der Waals surface area contributed by atoms with Gasteiger partial charge in [-0.3, -0.25) is 24.5 Å². The lowest BCUT2D eigenvalue weighted by molar-refractivity contribution is -0.128. The third kappa shape index (κ3) is 7.61. The van der Waals surface area contributed by atoms with Gasteiger partial charge < -0.3 is 15.5 Å². The Bertz CT molecular complexity index is 1350. The number of halogens is 1. The predicted octanol–water partition coefficient (Wildman–Crippen LogP) is 4.00. The normalized spacial score (nSPS) is 14.8. The first-order chi connectivity index (χ1) is 18.8. The van der Waals surface area contributed by atoms with Gasteiger partial charge in [0, 0.05) is 43.7 Å². The van der Waals surface area contributed by atoms with Gasteiger partial charge in [-0.15, -0.1) is 10.2 Å². The summed E-state index contributed by atoms with van der Waals surface area (Å²) in [6.45, 7) is 3.52. The number of aromatic nitrogens is 2. The molecule has 1 aromatic heterocycles. The average molecular weight is 569 g/mol. The predicted molar refractivity (Wildman–Crippen MR) is 150 cm³/mol. The average Bonchev–Trinajstić information content (AvgIpc) is 3.53. The second-order valence-corrected chi connectivity index (χ2v) is 10.6. The quantitative estimate of drug-likeness (QED) is 0.320. The lowest BCUT2D eigenvalue weighted by Gasteiger charge is -2.16. The Kier molecular flexibility index (Phi) is 9.61. The van der Waals surface area contributed by atoms with Crippen LogP contribution in [0.4, 0.5) is 10.8 Å². The zero-order valence-electron chi connectivity index (χ0n) is 21.4. The highest BCUT2D eigenvalue weighted by molar-refractivity contribution is 7.15. The lowest BCUT2D eigenvalue weighted by atomic mass is 10.1. The first-order valence-corrected chi connectivity index (χ1v) is 13.9. The molecule has 0 saturated carbocycles. The number of likely N-dealkylation sites (tertiary alicyclic amines) is 1. The minimum Gasteiger partial charge on any atom is -0.352 e. The van der Waals surface area contributed by atoms with E-state index >= 15 is 0 Å². The molecule has 2 aromatic carbocycles. The van der Waals surface area contributed by atoms with E-state index in [2.05, 4.69) is 33.1 Å². The number of benzene rings is 2. The molecule has 204 valence electrons. The maximum Gasteiger partial charge on any atom is 0.257 e. The van der Waals surface area contributed by atoms with Crippen LogP contribution in [0.2, 0.25) is 5.02 Å². The Morgan fingerprint density at radius 2 is 1.82 bits per heavy atom. The van der Waals surface area contributed by atoms with Crippen molar-refractivity contribution in [2.45, 2.75) is 32.6 Å². The smallest absolute Gasteiger partial charge is 0.257 e. The zero-order chi connectivity index (χ0) is 27.8. The van der Waals surface area contributed by atoms with Crippen LogP contribution < -0.4 is 16.0 Å². The molecule has 4 rings (SSSR count). The van der Waals surface area contributed by atoms with Crippen molar-refractivity contribution >= 4 is 57.4 Å². The third-order valence-electron chi connectivity index (χ3n) is 6.21. The first kappa shape index (κ1) is 28.2. The number of hydrogen-bond acceptors (Lipinski definition) is 7. The van der Waals surface area contributed by atoms with Crippen LogP contribution in [0.15, 0.2) is 48.5 Å². The van der Waals surface area contributed by atoms with Crippen molar-refractivity contribution in [2.75, 3.05) is 30.3 Å². The fraction of sp³-hybridized carbons (Fsp3) is 0.333. The van der Waals surface area contributed by atoms with Gasteiger partial charge in [-0.05, 0) is 42.8 Å². The monoisotopic (exact) mass is 568 g/mol. The molecule has 1 unspecified atom stereocenters. The highest BCUT2D eigenvalue weighted by atomic mass is 35.5. The summed E-state index contributed by atoms with van der Waals surface area (Å²) in [5.74, 6) is -1.21. The summed E-state index contributed by atoms with van der Waals surface area (Å²) in [6, 6.07) is 13.3. The van der Waals surface area contributed by atoms with Gasteiger partial charge in [0.15, 0.2) is 0 Å². The van der Waals surface area contributed by atoms with Gasteiger partial charge >= 0.3 is 0 Å². The van der Waals surface area contributed by atoms with E-state index in [1.54, 1.807) is 53.4 Å². The summed E-state index contributed by atoms with van der Waals surface area (Å²) in [4.78, 5) is 51.4. The molecule has 3 aromatic rings. The molecule has 12 heteroatoms. The van der Waals surface area contributed by atoms with Crippen LogP contribution in [0, 0.1) is 5.92 Å². The maximum atomic E-state index is 12.6. The molecule has 1 aliphatic rings. The summed E-state index contributed by atoms with van der Waals surface area (Å²) < 4.78 is 0. The highest BCUT2D eigenvalue weighted by Crippen LogP contribution is 2.22. The molecule has 1 fully saturated rings. The van der Waals surface area contributed by atoms with Gasteiger partial charge in [-0.25, -0.2) is 0 Å². The van der Waals surface area contributed by atoms with Crippen LogP contribution in [0.25, 0.3) is 0 Å². The number of rotatable bonds is 11. The number of nitrogens with zero attached hydrogens (tertiary/aromatic N) is 3. The van der Waals surface area contributed by atoms with Crippen LogP contribution in [-0.2, 0) is 16.0 Å². The van der Waals surface area contributed by atoms with Crippen LogP contribution >= 0.6 is 22.9 Å². The van der Waals surface area contributed by atoms with E-state index in [0.29, 0.717) is 58.0 Å². The Labute approximate surface area is 235 Å². The second kappa shape index (κ2) is 13.3. The number of nitrogens with one attached hydrogen (secondary N) is 3. The van der Waals surface area contributed by atoms with Gasteiger partial charge in [0.05, 0.1) is 16.5 Å². The van der Waals surface area contributed by atoms with E-state index in [0.717, 1.165) is 12.8 Å². The molecule has 4 amide bonds. The topological polar surface area (TPSA) is 133 Å². The summed E-state index contributed by atoms with van der Waals surface area (Å²) in [7, 11) is 0. The minimum atomic E-state index is -0.381. The SMILES string of the molecule is CCCCN1CC(C(=O)Nc2ccc(C(=O)Nc3nnc(CCNC(=O)c4ccccc4Cl)s3)cc2)CC1=O. The maximum absolute atomic E-state index is 12.6. The number of carbonyl (C=O) groups excluding carboxylic acids is 4. The Morgan fingerprint density at radius 3 is 2.56 bits per heavy atom. The molecule has 0 spiro atoms. The van der Waals surface area contributed by atoms with Crippen molar-refractivity contribution in [2.24, 2.45) is 5.92 Å². The van der Waals surface area contributed by atoms with Crippen LogP contribution in [-0.4, -0.2) is 58.4 Å². The van der Waals surface area contributed by atoms with Gasteiger partial charge in [-0.1, -0.05) is 48.4 Å². The van der Waals surface area contributed by atoms with Gasteiger partial charge in [0.25, 0.3) is 11.8 Å².